The number of alkyl halides is 1. The SMILES string of the molecule is CC.CC(C)(C)[Si](C)(C)OCCCCCCCC=O.CC(C)(C)[Si](C)(C)OCCCCCCCCBr.C[N+]1([O-])CCOCC1. The van der Waals surface area contributed by atoms with Crippen LogP contribution in [0.5, 0.6) is 0 Å². The molecule has 0 spiro atoms. The Labute approximate surface area is 286 Å². The summed E-state index contributed by atoms with van der Waals surface area (Å²) in [5, 5.41) is 12.8. The molecule has 1 saturated heterocycles. The average molecular weight is 729 g/mol. The summed E-state index contributed by atoms with van der Waals surface area (Å²) in [6.45, 7) is 31.4. The van der Waals surface area contributed by atoms with E-state index in [9.17, 15) is 10.0 Å². The number of hydrogen-bond acceptors (Lipinski definition) is 5. The number of quaternary nitrogens is 1. The highest BCUT2D eigenvalue weighted by atomic mass is 79.9. The summed E-state index contributed by atoms with van der Waals surface area (Å²) in [7, 11) is -1.34. The van der Waals surface area contributed by atoms with Crippen LogP contribution < -0.4 is 0 Å². The number of halogens is 1. The van der Waals surface area contributed by atoms with Crippen molar-refractivity contribution in [3.63, 3.8) is 0 Å². The van der Waals surface area contributed by atoms with E-state index in [1.54, 1.807) is 7.05 Å². The van der Waals surface area contributed by atoms with Crippen molar-refractivity contribution < 1.29 is 23.0 Å². The van der Waals surface area contributed by atoms with Crippen LogP contribution in [0.1, 0.15) is 132 Å². The lowest BCUT2D eigenvalue weighted by Gasteiger charge is -2.41. The van der Waals surface area contributed by atoms with Crippen LogP contribution >= 0.6 is 15.9 Å². The smallest absolute Gasteiger partial charge is 0.191 e. The van der Waals surface area contributed by atoms with Gasteiger partial charge < -0.3 is 28.2 Å². The third-order valence-electron chi connectivity index (χ3n) is 8.95. The van der Waals surface area contributed by atoms with Crippen molar-refractivity contribution in [2.75, 3.05) is 51.9 Å². The van der Waals surface area contributed by atoms with Crippen LogP contribution in [-0.4, -0.2) is 79.5 Å². The van der Waals surface area contributed by atoms with E-state index in [-0.39, 0.29) is 4.65 Å². The van der Waals surface area contributed by atoms with E-state index >= 15 is 0 Å². The normalized spacial score (nSPS) is 15.2. The second-order valence-electron chi connectivity index (χ2n) is 15.1. The first-order chi connectivity index (χ1) is 20.3. The third kappa shape index (κ3) is 28.6. The van der Waals surface area contributed by atoms with Crippen molar-refractivity contribution in [2.45, 2.75) is 169 Å². The number of hydrogen-bond donors (Lipinski definition) is 0. The van der Waals surface area contributed by atoms with Crippen LogP contribution in [0.2, 0.25) is 36.3 Å². The van der Waals surface area contributed by atoms with Crippen LogP contribution in [0, 0.1) is 5.21 Å². The molecular formula is C35H78BrNO5Si2. The largest absolute Gasteiger partial charge is 0.633 e. The van der Waals surface area contributed by atoms with E-state index in [0.717, 1.165) is 44.1 Å². The predicted octanol–water partition coefficient (Wildman–Crippen LogP) is 11.3. The minimum atomic E-state index is -1.53. The van der Waals surface area contributed by atoms with Gasteiger partial charge in [0.1, 0.15) is 19.4 Å². The lowest BCUT2D eigenvalue weighted by molar-refractivity contribution is -0.869. The van der Waals surface area contributed by atoms with Crippen molar-refractivity contribution in [1.29, 1.82) is 0 Å². The Bertz CT molecular complexity index is 642. The van der Waals surface area contributed by atoms with Crippen LogP contribution in [0.4, 0.5) is 0 Å². The van der Waals surface area contributed by atoms with Gasteiger partial charge >= 0.3 is 0 Å². The molecule has 0 N–H and O–H groups in total. The van der Waals surface area contributed by atoms with Crippen LogP contribution in [0.25, 0.3) is 0 Å². The van der Waals surface area contributed by atoms with Gasteiger partial charge in [-0.05, 0) is 61.9 Å². The summed E-state index contributed by atoms with van der Waals surface area (Å²) in [4.78, 5) is 10.1. The molecule has 0 saturated carbocycles. The number of morpholine rings is 1. The van der Waals surface area contributed by atoms with E-state index in [4.69, 9.17) is 13.6 Å². The average Bonchev–Trinajstić information content (AvgIpc) is 2.92. The Balaban J connectivity index is -0.000000587. The first-order valence-electron chi connectivity index (χ1n) is 17.7. The van der Waals surface area contributed by atoms with Gasteiger partial charge in [0, 0.05) is 25.0 Å². The maximum Gasteiger partial charge on any atom is 0.191 e. The van der Waals surface area contributed by atoms with Crippen LogP contribution in [0.3, 0.4) is 0 Å². The van der Waals surface area contributed by atoms with Gasteiger partial charge in [-0.2, -0.15) is 0 Å². The maximum atomic E-state index is 11.0. The molecule has 0 aromatic rings. The van der Waals surface area contributed by atoms with Gasteiger partial charge in [0.2, 0.25) is 0 Å². The number of likely N-dealkylation sites (N-methyl/N-ethyl adjacent to an activating group) is 1. The van der Waals surface area contributed by atoms with Gasteiger partial charge in [0.05, 0.1) is 20.3 Å². The number of unbranched alkanes of at least 4 members (excludes halogenated alkanes) is 10. The highest BCUT2D eigenvalue weighted by Crippen LogP contribution is 2.37. The molecule has 0 bridgehead atoms. The number of nitrogens with zero attached hydrogens (tertiary/aromatic N) is 1. The molecule has 0 atom stereocenters. The van der Waals surface area contributed by atoms with Crippen molar-refractivity contribution in [3.8, 4) is 0 Å². The molecule has 9 heteroatoms. The second-order valence-corrected chi connectivity index (χ2v) is 25.5. The third-order valence-corrected chi connectivity index (χ3v) is 18.6. The quantitative estimate of drug-likeness (QED) is 0.0351. The fraction of sp³-hybridized carbons (Fsp3) is 0.971. The molecule has 268 valence electrons. The molecule has 1 heterocycles. The molecule has 1 aliphatic heterocycles. The number of ether oxygens (including phenoxy) is 1. The lowest BCUT2D eigenvalue weighted by Crippen LogP contribution is -2.46. The van der Waals surface area contributed by atoms with Gasteiger partial charge in [0.25, 0.3) is 0 Å². The summed E-state index contributed by atoms with van der Waals surface area (Å²) in [6, 6.07) is 0. The van der Waals surface area contributed by atoms with Gasteiger partial charge in [-0.25, -0.2) is 0 Å². The fourth-order valence-electron chi connectivity index (χ4n) is 3.58. The highest BCUT2D eigenvalue weighted by molar-refractivity contribution is 9.09. The summed E-state index contributed by atoms with van der Waals surface area (Å²) in [6.07, 6.45) is 15.6. The van der Waals surface area contributed by atoms with E-state index in [1.165, 1.54) is 57.8 Å². The zero-order valence-corrected chi connectivity index (χ0v) is 35.5. The zero-order chi connectivity index (χ0) is 34.8. The molecule has 1 aliphatic rings. The zero-order valence-electron chi connectivity index (χ0n) is 31.9. The first kappa shape index (κ1) is 48.8. The molecule has 0 aliphatic carbocycles. The summed E-state index contributed by atoms with van der Waals surface area (Å²) < 4.78 is 17.1. The first-order valence-corrected chi connectivity index (χ1v) is 24.7. The number of carbonyl (C=O) groups is 1. The molecule has 0 radical (unpaired) electrons. The minimum absolute atomic E-state index is 0.125. The van der Waals surface area contributed by atoms with Gasteiger partial charge in [0.15, 0.2) is 16.6 Å². The fourth-order valence-corrected chi connectivity index (χ4v) is 6.15. The van der Waals surface area contributed by atoms with Gasteiger partial charge in [-0.1, -0.05) is 116 Å². The molecule has 1 fully saturated rings. The molecule has 1 rings (SSSR count). The summed E-state index contributed by atoms with van der Waals surface area (Å²) in [5.74, 6) is 0. The Morgan fingerprint density at radius 2 is 1.05 bits per heavy atom. The number of aldehydes is 1. The Hall–Kier alpha value is 0.384. The van der Waals surface area contributed by atoms with Gasteiger partial charge in [-0.3, -0.25) is 0 Å². The molecule has 0 aromatic heterocycles. The maximum absolute atomic E-state index is 11.0. The number of hydroxylamine groups is 3. The monoisotopic (exact) mass is 727 g/mol. The topological polar surface area (TPSA) is 67.8 Å². The Kier molecular flexibility index (Phi) is 30.3. The predicted molar refractivity (Wildman–Crippen MR) is 203 cm³/mol. The Morgan fingerprint density at radius 1 is 0.705 bits per heavy atom. The van der Waals surface area contributed by atoms with Gasteiger partial charge in [-0.15, -0.1) is 0 Å². The summed E-state index contributed by atoms with van der Waals surface area (Å²) >= 11 is 3.47. The lowest BCUT2D eigenvalue weighted by atomic mass is 10.1. The molecular weight excluding hydrogens is 650 g/mol. The van der Waals surface area contributed by atoms with Crippen molar-refractivity contribution in [1.82, 2.24) is 0 Å². The highest BCUT2D eigenvalue weighted by Gasteiger charge is 2.37. The van der Waals surface area contributed by atoms with E-state index in [0.29, 0.717) is 36.4 Å². The molecule has 0 amide bonds. The van der Waals surface area contributed by atoms with Crippen molar-refractivity contribution >= 4 is 38.9 Å². The molecule has 6 nitrogen and oxygen atoms in total. The standard InChI is InChI=1S/C14H31BrOSi.C14H30O2Si.C5H11NO2.C2H6/c2*1-14(2,3)17(4,5)16-13-11-9-7-6-8-10-12-15;1-6(7)2-4-8-5-3-6;1-2/h6-13H2,1-5H3;12H,6-11,13H2,1-5H3;2-5H2,1H3;1-2H3. The van der Waals surface area contributed by atoms with Crippen molar-refractivity contribution in [3.05, 3.63) is 5.21 Å². The minimum Gasteiger partial charge on any atom is -0.633 e. The molecule has 0 aromatic carbocycles. The van der Waals surface area contributed by atoms with Crippen LogP contribution in [-0.2, 0) is 18.4 Å². The molecule has 0 unspecified atom stereocenters. The summed E-state index contributed by atoms with van der Waals surface area (Å²) in [5.41, 5.74) is 0. The number of carbonyl (C=O) groups excluding carboxylic acids is 1. The van der Waals surface area contributed by atoms with Crippen LogP contribution in [0.15, 0.2) is 0 Å². The van der Waals surface area contributed by atoms with Crippen molar-refractivity contribution in [2.24, 2.45) is 0 Å². The molecule has 44 heavy (non-hydrogen) atoms. The van der Waals surface area contributed by atoms with E-state index in [1.807, 2.05) is 13.8 Å². The van der Waals surface area contributed by atoms with E-state index < -0.39 is 16.6 Å². The van der Waals surface area contributed by atoms with E-state index in [2.05, 4.69) is 83.7 Å². The number of rotatable bonds is 18. The Morgan fingerprint density at radius 3 is 1.34 bits per heavy atom. The second kappa shape index (κ2) is 27.3.